The summed E-state index contributed by atoms with van der Waals surface area (Å²) in [5.41, 5.74) is 3.96. The average molecular weight is 467 g/mol. The molecule has 4 aromatic rings. The molecular formula is C22H19BrN4OS. The minimum Gasteiger partial charge on any atom is -0.282 e. The van der Waals surface area contributed by atoms with Crippen LogP contribution in [-0.2, 0) is 17.9 Å². The zero-order valence-corrected chi connectivity index (χ0v) is 18.2. The van der Waals surface area contributed by atoms with E-state index in [0.29, 0.717) is 11.7 Å². The molecule has 0 bridgehead atoms. The molecule has 0 aliphatic carbocycles. The standard InChI is InChI=1S/C22H19BrN4OS/c1-16-11-24-26(12-16)14-21(28)27(13-17-5-3-2-4-6-17)22-25-20(15-29-22)18-7-9-19(23)10-8-18/h2-12,15H,13-14H2,1H3. The highest BCUT2D eigenvalue weighted by Gasteiger charge is 2.21. The van der Waals surface area contributed by atoms with Crippen LogP contribution in [0.4, 0.5) is 5.13 Å². The highest BCUT2D eigenvalue weighted by atomic mass is 79.9. The Labute approximate surface area is 181 Å². The lowest BCUT2D eigenvalue weighted by Crippen LogP contribution is -2.33. The van der Waals surface area contributed by atoms with Gasteiger partial charge in [0.15, 0.2) is 5.13 Å². The van der Waals surface area contributed by atoms with Crippen LogP contribution < -0.4 is 4.90 Å². The maximum Gasteiger partial charge on any atom is 0.250 e. The van der Waals surface area contributed by atoms with E-state index in [1.165, 1.54) is 11.3 Å². The van der Waals surface area contributed by atoms with Gasteiger partial charge in [0.1, 0.15) is 6.54 Å². The van der Waals surface area contributed by atoms with Crippen LogP contribution in [0.25, 0.3) is 11.3 Å². The number of aryl methyl sites for hydroxylation is 1. The van der Waals surface area contributed by atoms with Gasteiger partial charge in [0.05, 0.1) is 18.4 Å². The van der Waals surface area contributed by atoms with Crippen LogP contribution in [-0.4, -0.2) is 20.7 Å². The summed E-state index contributed by atoms with van der Waals surface area (Å²) in [6.45, 7) is 2.60. The molecule has 0 radical (unpaired) electrons. The molecule has 4 rings (SSSR count). The van der Waals surface area contributed by atoms with Crippen LogP contribution in [0.1, 0.15) is 11.1 Å². The first-order chi connectivity index (χ1) is 14.1. The first-order valence-corrected chi connectivity index (χ1v) is 10.8. The molecule has 0 saturated carbocycles. The third-order valence-electron chi connectivity index (χ3n) is 4.41. The number of aromatic nitrogens is 3. The number of benzene rings is 2. The zero-order valence-electron chi connectivity index (χ0n) is 15.8. The Morgan fingerprint density at radius 1 is 1.14 bits per heavy atom. The maximum atomic E-state index is 13.1. The van der Waals surface area contributed by atoms with Gasteiger partial charge in [-0.05, 0) is 30.2 Å². The van der Waals surface area contributed by atoms with E-state index in [1.807, 2.05) is 73.1 Å². The smallest absolute Gasteiger partial charge is 0.250 e. The molecule has 0 aliphatic heterocycles. The third-order valence-corrected chi connectivity index (χ3v) is 5.80. The minimum absolute atomic E-state index is 0.0475. The van der Waals surface area contributed by atoms with Gasteiger partial charge < -0.3 is 0 Å². The number of carbonyl (C=O) groups is 1. The fraction of sp³-hybridized carbons (Fsp3) is 0.136. The van der Waals surface area contributed by atoms with Gasteiger partial charge in [0.25, 0.3) is 5.91 Å². The van der Waals surface area contributed by atoms with E-state index >= 15 is 0 Å². The predicted molar refractivity (Wildman–Crippen MR) is 120 cm³/mol. The van der Waals surface area contributed by atoms with E-state index in [1.54, 1.807) is 15.8 Å². The largest absolute Gasteiger partial charge is 0.282 e. The van der Waals surface area contributed by atoms with Crippen LogP contribution in [0, 0.1) is 6.92 Å². The highest BCUT2D eigenvalue weighted by molar-refractivity contribution is 9.10. The Balaban J connectivity index is 1.62. The van der Waals surface area contributed by atoms with Crippen molar-refractivity contribution >= 4 is 38.3 Å². The number of halogens is 1. The van der Waals surface area contributed by atoms with Crippen LogP contribution in [0.2, 0.25) is 0 Å². The molecule has 29 heavy (non-hydrogen) atoms. The molecule has 0 saturated heterocycles. The van der Waals surface area contributed by atoms with Crippen molar-refractivity contribution in [2.75, 3.05) is 4.90 Å². The van der Waals surface area contributed by atoms with E-state index in [-0.39, 0.29) is 12.5 Å². The van der Waals surface area contributed by atoms with Crippen molar-refractivity contribution in [1.29, 1.82) is 0 Å². The second-order valence-corrected chi connectivity index (χ2v) is 8.46. The molecule has 2 heterocycles. The van der Waals surface area contributed by atoms with Gasteiger partial charge in [-0.1, -0.05) is 58.4 Å². The third kappa shape index (κ3) is 4.81. The Morgan fingerprint density at radius 2 is 1.90 bits per heavy atom. The minimum atomic E-state index is -0.0475. The average Bonchev–Trinajstić information content (AvgIpc) is 3.37. The number of hydrogen-bond acceptors (Lipinski definition) is 4. The Morgan fingerprint density at radius 3 is 2.59 bits per heavy atom. The van der Waals surface area contributed by atoms with Crippen LogP contribution >= 0.6 is 27.3 Å². The van der Waals surface area contributed by atoms with Crippen molar-refractivity contribution in [2.45, 2.75) is 20.0 Å². The summed E-state index contributed by atoms with van der Waals surface area (Å²) in [7, 11) is 0. The summed E-state index contributed by atoms with van der Waals surface area (Å²) >= 11 is 4.93. The fourth-order valence-electron chi connectivity index (χ4n) is 2.95. The molecule has 2 aromatic carbocycles. The normalized spacial score (nSPS) is 10.8. The number of hydrogen-bond donors (Lipinski definition) is 0. The van der Waals surface area contributed by atoms with Crippen molar-refractivity contribution in [3.8, 4) is 11.3 Å². The summed E-state index contributed by atoms with van der Waals surface area (Å²) in [6, 6.07) is 18.0. The number of thiazole rings is 1. The number of nitrogens with zero attached hydrogens (tertiary/aromatic N) is 4. The second-order valence-electron chi connectivity index (χ2n) is 6.70. The molecule has 0 aliphatic rings. The fourth-order valence-corrected chi connectivity index (χ4v) is 4.06. The summed E-state index contributed by atoms with van der Waals surface area (Å²) in [5.74, 6) is -0.0475. The second kappa shape index (κ2) is 8.71. The summed E-state index contributed by atoms with van der Waals surface area (Å²) in [5, 5.41) is 6.92. The quantitative estimate of drug-likeness (QED) is 0.386. The van der Waals surface area contributed by atoms with Crippen molar-refractivity contribution in [2.24, 2.45) is 0 Å². The highest BCUT2D eigenvalue weighted by Crippen LogP contribution is 2.29. The van der Waals surface area contributed by atoms with E-state index in [0.717, 1.165) is 26.9 Å². The molecule has 1 amide bonds. The van der Waals surface area contributed by atoms with Gasteiger partial charge >= 0.3 is 0 Å². The lowest BCUT2D eigenvalue weighted by atomic mass is 10.2. The van der Waals surface area contributed by atoms with E-state index < -0.39 is 0 Å². The first-order valence-electron chi connectivity index (χ1n) is 9.13. The van der Waals surface area contributed by atoms with Crippen LogP contribution in [0.15, 0.2) is 76.8 Å². The lowest BCUT2D eigenvalue weighted by Gasteiger charge is -2.20. The van der Waals surface area contributed by atoms with E-state index in [4.69, 9.17) is 4.98 Å². The topological polar surface area (TPSA) is 51.0 Å². The SMILES string of the molecule is Cc1cnn(CC(=O)N(Cc2ccccc2)c2nc(-c3ccc(Br)cc3)cs2)c1. The molecule has 0 N–H and O–H groups in total. The van der Waals surface area contributed by atoms with Crippen LogP contribution in [0.5, 0.6) is 0 Å². The van der Waals surface area contributed by atoms with Crippen molar-refractivity contribution in [3.05, 3.63) is 88.0 Å². The van der Waals surface area contributed by atoms with Gasteiger partial charge in [-0.2, -0.15) is 5.10 Å². The summed E-state index contributed by atoms with van der Waals surface area (Å²) in [6.07, 6.45) is 3.62. The van der Waals surface area contributed by atoms with Crippen molar-refractivity contribution < 1.29 is 4.79 Å². The lowest BCUT2D eigenvalue weighted by molar-refractivity contribution is -0.119. The van der Waals surface area contributed by atoms with Crippen molar-refractivity contribution in [1.82, 2.24) is 14.8 Å². The van der Waals surface area contributed by atoms with Gasteiger partial charge in [-0.3, -0.25) is 14.4 Å². The maximum absolute atomic E-state index is 13.1. The predicted octanol–water partition coefficient (Wildman–Crippen LogP) is 5.31. The number of amides is 1. The van der Waals surface area contributed by atoms with E-state index in [9.17, 15) is 4.79 Å². The Kier molecular flexibility index (Phi) is 5.87. The summed E-state index contributed by atoms with van der Waals surface area (Å²) in [4.78, 5) is 19.6. The molecule has 146 valence electrons. The molecule has 5 nitrogen and oxygen atoms in total. The monoisotopic (exact) mass is 466 g/mol. The Bertz CT molecular complexity index is 1110. The molecule has 0 spiro atoms. The number of anilines is 1. The van der Waals surface area contributed by atoms with Gasteiger partial charge in [-0.25, -0.2) is 4.98 Å². The first kappa shape index (κ1) is 19.5. The molecule has 0 unspecified atom stereocenters. The number of carbonyl (C=O) groups excluding carboxylic acids is 1. The van der Waals surface area contributed by atoms with Gasteiger partial charge in [0, 0.05) is 21.6 Å². The molecule has 7 heteroatoms. The van der Waals surface area contributed by atoms with Gasteiger partial charge in [-0.15, -0.1) is 11.3 Å². The van der Waals surface area contributed by atoms with Crippen molar-refractivity contribution in [3.63, 3.8) is 0 Å². The number of rotatable bonds is 6. The van der Waals surface area contributed by atoms with E-state index in [2.05, 4.69) is 21.0 Å². The van der Waals surface area contributed by atoms with Gasteiger partial charge in [0.2, 0.25) is 0 Å². The molecule has 2 aromatic heterocycles. The molecular weight excluding hydrogens is 448 g/mol. The zero-order chi connectivity index (χ0) is 20.2. The molecule has 0 fully saturated rings. The molecule has 0 atom stereocenters. The van der Waals surface area contributed by atoms with Crippen LogP contribution in [0.3, 0.4) is 0 Å². The summed E-state index contributed by atoms with van der Waals surface area (Å²) < 4.78 is 2.69. The Hall–Kier alpha value is -2.77.